The molecule has 0 saturated heterocycles. The molecular weight excluding hydrogens is 359 g/mol. The number of hydrogen-bond donors (Lipinski definition) is 2. The molecule has 2 rings (SSSR count). The molecule has 2 amide bonds. The lowest BCUT2D eigenvalue weighted by Crippen LogP contribution is -2.19. The van der Waals surface area contributed by atoms with Gasteiger partial charge >= 0.3 is 0 Å². The van der Waals surface area contributed by atoms with Gasteiger partial charge in [-0.3, -0.25) is 9.59 Å². The van der Waals surface area contributed by atoms with Crippen molar-refractivity contribution in [1.82, 2.24) is 0 Å². The van der Waals surface area contributed by atoms with Crippen LogP contribution in [0.2, 0.25) is 0 Å². The van der Waals surface area contributed by atoms with Crippen LogP contribution in [0, 0.1) is 0 Å². The molecule has 0 aliphatic rings. The molecular formula is C16H13Cl3N2O2. The molecule has 7 heteroatoms. The van der Waals surface area contributed by atoms with Gasteiger partial charge in [0.25, 0.3) is 5.91 Å². The molecule has 0 aliphatic heterocycles. The van der Waals surface area contributed by atoms with Crippen LogP contribution in [-0.2, 0) is 9.59 Å². The molecule has 2 N–H and O–H groups in total. The van der Waals surface area contributed by atoms with Crippen LogP contribution >= 0.6 is 34.8 Å². The summed E-state index contributed by atoms with van der Waals surface area (Å²) < 4.78 is 0. The van der Waals surface area contributed by atoms with Crippen LogP contribution in [0.3, 0.4) is 0 Å². The number of para-hydroxylation sites is 2. The first kappa shape index (κ1) is 17.6. The van der Waals surface area contributed by atoms with Gasteiger partial charge < -0.3 is 10.6 Å². The largest absolute Gasteiger partial charge is 0.324 e. The second-order valence-electron chi connectivity index (χ2n) is 4.56. The molecule has 0 saturated carbocycles. The Bertz CT molecular complexity index is 720. The number of hydrogen-bond acceptors (Lipinski definition) is 2. The summed E-state index contributed by atoms with van der Waals surface area (Å²) in [7, 11) is 0. The summed E-state index contributed by atoms with van der Waals surface area (Å²) in [5.74, 6) is -0.988. The summed E-state index contributed by atoms with van der Waals surface area (Å²) in [5.41, 5.74) is 2.59. The molecule has 0 bridgehead atoms. The highest BCUT2D eigenvalue weighted by Gasteiger charge is 2.15. The van der Waals surface area contributed by atoms with Crippen LogP contribution in [0.15, 0.2) is 48.5 Å². The Morgan fingerprint density at radius 2 is 1.35 bits per heavy atom. The number of carbonyl (C=O) groups is 2. The van der Waals surface area contributed by atoms with Crippen molar-refractivity contribution < 1.29 is 9.59 Å². The number of carbonyl (C=O) groups excluding carboxylic acids is 2. The number of benzene rings is 2. The topological polar surface area (TPSA) is 58.2 Å². The van der Waals surface area contributed by atoms with Gasteiger partial charge in [-0.05, 0) is 12.1 Å². The summed E-state index contributed by atoms with van der Waals surface area (Å²) in [5, 5.41) is 5.39. The standard InChI is InChI=1S/C16H13Cl3N2O2/c17-9-14(22)20-12-7-3-1-5-10(12)11-6-2-4-8-13(11)21-16(23)15(18)19/h1-8,15H,9H2,(H,20,22)(H,21,23). The predicted octanol–water partition coefficient (Wildman–Crippen LogP) is 4.27. The minimum Gasteiger partial charge on any atom is -0.324 e. The van der Waals surface area contributed by atoms with Gasteiger partial charge in [0, 0.05) is 22.5 Å². The van der Waals surface area contributed by atoms with E-state index in [4.69, 9.17) is 34.8 Å². The van der Waals surface area contributed by atoms with Gasteiger partial charge in [-0.15, -0.1) is 11.6 Å². The number of rotatable bonds is 5. The van der Waals surface area contributed by atoms with Gasteiger partial charge in [-0.1, -0.05) is 59.6 Å². The van der Waals surface area contributed by atoms with Crippen molar-refractivity contribution in [2.45, 2.75) is 4.84 Å². The molecule has 0 fully saturated rings. The van der Waals surface area contributed by atoms with E-state index in [-0.39, 0.29) is 11.8 Å². The molecule has 2 aromatic rings. The zero-order valence-electron chi connectivity index (χ0n) is 11.9. The van der Waals surface area contributed by atoms with Crippen molar-refractivity contribution in [2.75, 3.05) is 16.5 Å². The fraction of sp³-hybridized carbons (Fsp3) is 0.125. The van der Waals surface area contributed by atoms with E-state index in [9.17, 15) is 9.59 Å². The highest BCUT2D eigenvalue weighted by Crippen LogP contribution is 2.33. The van der Waals surface area contributed by atoms with E-state index < -0.39 is 10.7 Å². The molecule has 23 heavy (non-hydrogen) atoms. The summed E-state index contributed by atoms with van der Waals surface area (Å²) in [6.45, 7) is 0. The second-order valence-corrected chi connectivity index (χ2v) is 5.93. The Balaban J connectivity index is 2.43. The Morgan fingerprint density at radius 1 is 0.870 bits per heavy atom. The lowest BCUT2D eigenvalue weighted by molar-refractivity contribution is -0.115. The van der Waals surface area contributed by atoms with Crippen molar-refractivity contribution in [1.29, 1.82) is 0 Å². The Hall–Kier alpha value is -1.75. The lowest BCUT2D eigenvalue weighted by atomic mass is 10.0. The maximum atomic E-state index is 11.7. The first-order chi connectivity index (χ1) is 11.0. The first-order valence-corrected chi connectivity index (χ1v) is 8.07. The van der Waals surface area contributed by atoms with E-state index in [2.05, 4.69) is 10.6 Å². The number of anilines is 2. The van der Waals surface area contributed by atoms with Crippen molar-refractivity contribution in [3.8, 4) is 11.1 Å². The Morgan fingerprint density at radius 3 is 1.83 bits per heavy atom. The maximum absolute atomic E-state index is 11.7. The third-order valence-corrected chi connectivity index (χ3v) is 3.63. The van der Waals surface area contributed by atoms with E-state index in [0.717, 1.165) is 11.1 Å². The van der Waals surface area contributed by atoms with Crippen LogP contribution in [0.5, 0.6) is 0 Å². The lowest BCUT2D eigenvalue weighted by Gasteiger charge is -2.15. The molecule has 4 nitrogen and oxygen atoms in total. The van der Waals surface area contributed by atoms with Crippen molar-refractivity contribution in [3.05, 3.63) is 48.5 Å². The monoisotopic (exact) mass is 370 g/mol. The fourth-order valence-electron chi connectivity index (χ4n) is 2.02. The molecule has 2 aromatic carbocycles. The van der Waals surface area contributed by atoms with Crippen molar-refractivity contribution in [3.63, 3.8) is 0 Å². The number of halogens is 3. The first-order valence-electron chi connectivity index (χ1n) is 6.66. The van der Waals surface area contributed by atoms with Crippen LogP contribution in [0.4, 0.5) is 11.4 Å². The Kier molecular flexibility index (Phi) is 6.28. The number of nitrogens with one attached hydrogen (secondary N) is 2. The average molecular weight is 372 g/mol. The molecule has 0 unspecified atom stereocenters. The van der Waals surface area contributed by atoms with E-state index in [0.29, 0.717) is 11.4 Å². The predicted molar refractivity (Wildman–Crippen MR) is 95.4 cm³/mol. The minimum atomic E-state index is -1.17. The zero-order valence-corrected chi connectivity index (χ0v) is 14.1. The summed E-state index contributed by atoms with van der Waals surface area (Å²) in [6.07, 6.45) is 0. The molecule has 0 aliphatic carbocycles. The second kappa shape index (κ2) is 8.20. The van der Waals surface area contributed by atoms with E-state index in [1.807, 2.05) is 24.3 Å². The van der Waals surface area contributed by atoms with E-state index >= 15 is 0 Å². The SMILES string of the molecule is O=C(CCl)Nc1ccccc1-c1ccccc1NC(=O)C(Cl)Cl. The Labute approximate surface area is 148 Å². The van der Waals surface area contributed by atoms with Gasteiger partial charge in [-0.2, -0.15) is 0 Å². The average Bonchev–Trinajstić information content (AvgIpc) is 2.55. The van der Waals surface area contributed by atoms with E-state index in [1.165, 1.54) is 0 Å². The van der Waals surface area contributed by atoms with Crippen LogP contribution in [-0.4, -0.2) is 22.5 Å². The third-order valence-electron chi connectivity index (χ3n) is 3.00. The number of amides is 2. The molecule has 0 spiro atoms. The third kappa shape index (κ3) is 4.61. The van der Waals surface area contributed by atoms with E-state index in [1.54, 1.807) is 24.3 Å². The number of alkyl halides is 3. The fourth-order valence-corrected chi connectivity index (χ4v) is 2.20. The highest BCUT2D eigenvalue weighted by molar-refractivity contribution is 6.54. The van der Waals surface area contributed by atoms with Gasteiger partial charge in [-0.25, -0.2) is 0 Å². The molecule has 0 aromatic heterocycles. The van der Waals surface area contributed by atoms with Gasteiger partial charge in [0.1, 0.15) is 5.88 Å². The van der Waals surface area contributed by atoms with Gasteiger partial charge in [0.05, 0.1) is 0 Å². The quantitative estimate of drug-likeness (QED) is 0.771. The minimum absolute atomic E-state index is 0.146. The highest BCUT2D eigenvalue weighted by atomic mass is 35.5. The van der Waals surface area contributed by atoms with Crippen molar-refractivity contribution >= 4 is 58.0 Å². The zero-order chi connectivity index (χ0) is 16.8. The van der Waals surface area contributed by atoms with Crippen LogP contribution in [0.1, 0.15) is 0 Å². The van der Waals surface area contributed by atoms with Crippen molar-refractivity contribution in [2.24, 2.45) is 0 Å². The summed E-state index contributed by atoms with van der Waals surface area (Å²) in [4.78, 5) is 22.1. The summed E-state index contributed by atoms with van der Waals surface area (Å²) >= 11 is 16.7. The normalized spacial score (nSPS) is 10.4. The molecule has 0 radical (unpaired) electrons. The molecule has 120 valence electrons. The summed E-state index contributed by atoms with van der Waals surface area (Å²) in [6, 6.07) is 14.3. The maximum Gasteiger partial charge on any atom is 0.257 e. The van der Waals surface area contributed by atoms with Crippen LogP contribution in [0.25, 0.3) is 11.1 Å². The smallest absolute Gasteiger partial charge is 0.257 e. The van der Waals surface area contributed by atoms with Crippen LogP contribution < -0.4 is 10.6 Å². The molecule has 0 heterocycles. The van der Waals surface area contributed by atoms with Gasteiger partial charge in [0.2, 0.25) is 5.91 Å². The van der Waals surface area contributed by atoms with Gasteiger partial charge in [0.15, 0.2) is 4.84 Å². The molecule has 0 atom stereocenters.